The maximum Gasteiger partial charge on any atom is 0.261 e. The van der Waals surface area contributed by atoms with Gasteiger partial charge in [0.1, 0.15) is 5.75 Å². The molecule has 7 heteroatoms. The lowest BCUT2D eigenvalue weighted by atomic mass is 10.1. The van der Waals surface area contributed by atoms with E-state index in [1.54, 1.807) is 31.2 Å². The van der Waals surface area contributed by atoms with Crippen LogP contribution in [0.5, 0.6) is 5.75 Å². The Morgan fingerprint density at radius 2 is 1.96 bits per heavy atom. The fourth-order valence-electron chi connectivity index (χ4n) is 2.43. The highest BCUT2D eigenvalue weighted by atomic mass is 35.5. The van der Waals surface area contributed by atoms with Gasteiger partial charge in [-0.15, -0.1) is 0 Å². The first-order chi connectivity index (χ1) is 12.9. The van der Waals surface area contributed by atoms with Gasteiger partial charge >= 0.3 is 0 Å². The van der Waals surface area contributed by atoms with E-state index in [0.717, 1.165) is 16.7 Å². The fraction of sp³-hybridized carbons (Fsp3) is 0.250. The zero-order chi connectivity index (χ0) is 19.4. The summed E-state index contributed by atoms with van der Waals surface area (Å²) in [5.41, 5.74) is 2.83. The average Bonchev–Trinajstić information content (AvgIpc) is 3.12. The van der Waals surface area contributed by atoms with Crippen LogP contribution >= 0.6 is 11.6 Å². The lowest BCUT2D eigenvalue weighted by Gasteiger charge is -2.16. The standard InChI is InChI=1S/C20H20ClN3O3/c1-12-4-5-13(2)17(10-12)26-14(3)20(25)22-11-18-23-19(24-27-18)15-6-8-16(21)9-7-15/h4-10,14H,11H2,1-3H3,(H,22,25)/t14-/m1/s1. The van der Waals surface area contributed by atoms with E-state index in [4.69, 9.17) is 20.9 Å². The molecule has 0 saturated heterocycles. The van der Waals surface area contributed by atoms with Crippen molar-refractivity contribution in [3.8, 4) is 17.1 Å². The number of carbonyl (C=O) groups excluding carboxylic acids is 1. The molecule has 3 rings (SSSR count). The van der Waals surface area contributed by atoms with Crippen molar-refractivity contribution in [2.45, 2.75) is 33.4 Å². The van der Waals surface area contributed by atoms with Crippen molar-refractivity contribution in [2.75, 3.05) is 0 Å². The first-order valence-electron chi connectivity index (χ1n) is 8.52. The van der Waals surface area contributed by atoms with Crippen LogP contribution in [0.25, 0.3) is 11.4 Å². The number of nitrogens with one attached hydrogen (secondary N) is 1. The number of carbonyl (C=O) groups is 1. The lowest BCUT2D eigenvalue weighted by molar-refractivity contribution is -0.127. The molecule has 0 aliphatic rings. The van der Waals surface area contributed by atoms with Crippen molar-refractivity contribution in [2.24, 2.45) is 0 Å². The van der Waals surface area contributed by atoms with Crippen LogP contribution in [0, 0.1) is 13.8 Å². The Bertz CT molecular complexity index is 938. The predicted octanol–water partition coefficient (Wildman–Crippen LogP) is 4.09. The van der Waals surface area contributed by atoms with Gasteiger partial charge in [-0.2, -0.15) is 4.98 Å². The van der Waals surface area contributed by atoms with Gasteiger partial charge < -0.3 is 14.6 Å². The van der Waals surface area contributed by atoms with Crippen molar-refractivity contribution in [3.05, 3.63) is 64.5 Å². The number of nitrogens with zero attached hydrogens (tertiary/aromatic N) is 2. The molecule has 0 spiro atoms. The molecule has 1 amide bonds. The Kier molecular flexibility index (Phi) is 5.76. The highest BCUT2D eigenvalue weighted by molar-refractivity contribution is 6.30. The molecule has 0 radical (unpaired) electrons. The average molecular weight is 386 g/mol. The monoisotopic (exact) mass is 385 g/mol. The summed E-state index contributed by atoms with van der Waals surface area (Å²) in [5.74, 6) is 1.19. The van der Waals surface area contributed by atoms with Gasteiger partial charge in [0.2, 0.25) is 11.7 Å². The number of halogens is 1. The molecule has 0 fully saturated rings. The fourth-order valence-corrected chi connectivity index (χ4v) is 2.55. The van der Waals surface area contributed by atoms with Crippen molar-refractivity contribution in [3.63, 3.8) is 0 Å². The Morgan fingerprint density at radius 3 is 2.70 bits per heavy atom. The van der Waals surface area contributed by atoms with Crippen LogP contribution in [-0.4, -0.2) is 22.2 Å². The van der Waals surface area contributed by atoms with Gasteiger partial charge in [-0.25, -0.2) is 0 Å². The molecule has 1 N–H and O–H groups in total. The second-order valence-corrected chi connectivity index (χ2v) is 6.70. The summed E-state index contributed by atoms with van der Waals surface area (Å²) in [6.45, 7) is 5.74. The Labute approximate surface area is 162 Å². The highest BCUT2D eigenvalue weighted by Gasteiger charge is 2.17. The van der Waals surface area contributed by atoms with E-state index in [1.807, 2.05) is 32.0 Å². The van der Waals surface area contributed by atoms with Crippen LogP contribution in [0.3, 0.4) is 0 Å². The van der Waals surface area contributed by atoms with E-state index >= 15 is 0 Å². The third kappa shape index (κ3) is 4.86. The van der Waals surface area contributed by atoms with Crippen LogP contribution in [-0.2, 0) is 11.3 Å². The topological polar surface area (TPSA) is 77.2 Å². The molecule has 0 unspecified atom stereocenters. The van der Waals surface area contributed by atoms with Crippen molar-refractivity contribution in [1.82, 2.24) is 15.5 Å². The number of rotatable bonds is 6. The summed E-state index contributed by atoms with van der Waals surface area (Å²) in [6.07, 6.45) is -0.649. The molecular weight excluding hydrogens is 366 g/mol. The minimum absolute atomic E-state index is 0.125. The molecule has 3 aromatic rings. The molecule has 6 nitrogen and oxygen atoms in total. The summed E-state index contributed by atoms with van der Waals surface area (Å²) < 4.78 is 11.0. The van der Waals surface area contributed by atoms with Crippen LogP contribution in [0.15, 0.2) is 47.0 Å². The third-order valence-corrected chi connectivity index (χ3v) is 4.25. The third-order valence-electron chi connectivity index (χ3n) is 4.00. The number of aryl methyl sites for hydroxylation is 2. The Balaban J connectivity index is 1.57. The van der Waals surface area contributed by atoms with Crippen LogP contribution in [0.4, 0.5) is 0 Å². The van der Waals surface area contributed by atoms with E-state index in [-0.39, 0.29) is 12.5 Å². The summed E-state index contributed by atoms with van der Waals surface area (Å²) in [7, 11) is 0. The normalized spacial score (nSPS) is 11.9. The van der Waals surface area contributed by atoms with Gasteiger partial charge in [-0.3, -0.25) is 4.79 Å². The molecule has 0 bridgehead atoms. The number of ether oxygens (including phenoxy) is 1. The van der Waals surface area contributed by atoms with Gasteiger partial charge in [-0.1, -0.05) is 28.9 Å². The van der Waals surface area contributed by atoms with Gasteiger partial charge in [0, 0.05) is 10.6 Å². The minimum Gasteiger partial charge on any atom is -0.481 e. The van der Waals surface area contributed by atoms with Crippen molar-refractivity contribution < 1.29 is 14.1 Å². The summed E-state index contributed by atoms with van der Waals surface area (Å²) >= 11 is 5.87. The molecule has 1 atom stereocenters. The number of hydrogen-bond donors (Lipinski definition) is 1. The van der Waals surface area contributed by atoms with E-state index in [2.05, 4.69) is 15.5 Å². The van der Waals surface area contributed by atoms with Crippen LogP contribution in [0.1, 0.15) is 23.9 Å². The summed E-state index contributed by atoms with van der Waals surface area (Å²) in [4.78, 5) is 16.6. The largest absolute Gasteiger partial charge is 0.481 e. The zero-order valence-corrected chi connectivity index (χ0v) is 16.1. The molecule has 140 valence electrons. The van der Waals surface area contributed by atoms with Gasteiger partial charge in [0.05, 0.1) is 6.54 Å². The Hall–Kier alpha value is -2.86. The second kappa shape index (κ2) is 8.22. The molecule has 0 aliphatic heterocycles. The van der Waals surface area contributed by atoms with E-state index in [0.29, 0.717) is 22.5 Å². The number of benzene rings is 2. The summed E-state index contributed by atoms with van der Waals surface area (Å²) in [6, 6.07) is 13.0. The van der Waals surface area contributed by atoms with Gasteiger partial charge in [0.25, 0.3) is 5.91 Å². The van der Waals surface area contributed by atoms with Gasteiger partial charge in [-0.05, 0) is 62.2 Å². The second-order valence-electron chi connectivity index (χ2n) is 6.27. The van der Waals surface area contributed by atoms with E-state index in [9.17, 15) is 4.79 Å². The van der Waals surface area contributed by atoms with Crippen molar-refractivity contribution in [1.29, 1.82) is 0 Å². The molecule has 1 aromatic heterocycles. The number of amides is 1. The minimum atomic E-state index is -0.649. The first-order valence-corrected chi connectivity index (χ1v) is 8.90. The van der Waals surface area contributed by atoms with Crippen LogP contribution < -0.4 is 10.1 Å². The molecular formula is C20H20ClN3O3. The highest BCUT2D eigenvalue weighted by Crippen LogP contribution is 2.21. The summed E-state index contributed by atoms with van der Waals surface area (Å²) in [5, 5.41) is 7.29. The lowest BCUT2D eigenvalue weighted by Crippen LogP contribution is -2.36. The molecule has 0 aliphatic carbocycles. The predicted molar refractivity (Wildman–Crippen MR) is 103 cm³/mol. The molecule has 2 aromatic carbocycles. The molecule has 1 heterocycles. The SMILES string of the molecule is Cc1ccc(C)c(O[C@H](C)C(=O)NCc2nc(-c3ccc(Cl)cc3)no2)c1. The smallest absolute Gasteiger partial charge is 0.261 e. The quantitative estimate of drug-likeness (QED) is 0.691. The van der Waals surface area contributed by atoms with Crippen LogP contribution in [0.2, 0.25) is 5.02 Å². The maximum absolute atomic E-state index is 12.3. The zero-order valence-electron chi connectivity index (χ0n) is 15.3. The molecule has 0 saturated carbocycles. The van der Waals surface area contributed by atoms with E-state index < -0.39 is 6.10 Å². The van der Waals surface area contributed by atoms with E-state index in [1.165, 1.54) is 0 Å². The van der Waals surface area contributed by atoms with Gasteiger partial charge in [0.15, 0.2) is 6.10 Å². The Morgan fingerprint density at radius 1 is 1.22 bits per heavy atom. The number of hydrogen-bond acceptors (Lipinski definition) is 5. The van der Waals surface area contributed by atoms with Crippen molar-refractivity contribution >= 4 is 17.5 Å². The number of aromatic nitrogens is 2. The maximum atomic E-state index is 12.3. The first kappa shape index (κ1) is 18.9. The molecule has 27 heavy (non-hydrogen) atoms.